The van der Waals surface area contributed by atoms with Crippen molar-refractivity contribution in [3.63, 3.8) is 0 Å². The molecule has 2 rings (SSSR count). The highest BCUT2D eigenvalue weighted by atomic mass is 79.9. The van der Waals surface area contributed by atoms with Crippen LogP contribution in [-0.2, 0) is 0 Å². The number of hydrogen-bond acceptors (Lipinski definition) is 2. The average molecular weight is 348 g/mol. The molecule has 0 aliphatic carbocycles. The largest absolute Gasteiger partial charge is 0.491 e. The Bertz CT molecular complexity index is 583. The summed E-state index contributed by atoms with van der Waals surface area (Å²) in [5.41, 5.74) is 2.40. The van der Waals surface area contributed by atoms with E-state index in [1.54, 1.807) is 0 Å². The molecule has 0 aliphatic rings. The van der Waals surface area contributed by atoms with Crippen LogP contribution in [0.4, 0.5) is 0 Å². The van der Waals surface area contributed by atoms with Crippen LogP contribution in [0.3, 0.4) is 0 Å². The van der Waals surface area contributed by atoms with Gasteiger partial charge >= 0.3 is 0 Å². The van der Waals surface area contributed by atoms with Crippen LogP contribution in [0.1, 0.15) is 37.9 Å². The lowest BCUT2D eigenvalue weighted by Gasteiger charge is -2.23. The summed E-state index contributed by atoms with van der Waals surface area (Å²) >= 11 is 3.55. The molecule has 112 valence electrons. The van der Waals surface area contributed by atoms with Crippen LogP contribution in [0.2, 0.25) is 0 Å². The third kappa shape index (κ3) is 4.32. The lowest BCUT2D eigenvalue weighted by Crippen LogP contribution is -2.23. The van der Waals surface area contributed by atoms with Gasteiger partial charge in [-0.05, 0) is 44.2 Å². The third-order valence-corrected chi connectivity index (χ3v) is 3.68. The summed E-state index contributed by atoms with van der Waals surface area (Å²) in [6, 6.07) is 16.8. The minimum atomic E-state index is 0.127. The van der Waals surface area contributed by atoms with Gasteiger partial charge in [-0.2, -0.15) is 0 Å². The van der Waals surface area contributed by atoms with Crippen LogP contribution < -0.4 is 10.1 Å². The number of nitrogens with one attached hydrogen (secondary N) is 1. The van der Waals surface area contributed by atoms with E-state index in [9.17, 15) is 0 Å². The number of para-hydroxylation sites is 1. The number of halogens is 1. The van der Waals surface area contributed by atoms with Crippen molar-refractivity contribution in [1.82, 2.24) is 5.32 Å². The highest BCUT2D eigenvalue weighted by Crippen LogP contribution is 2.31. The van der Waals surface area contributed by atoms with Crippen molar-refractivity contribution >= 4 is 15.9 Å². The first-order valence-corrected chi connectivity index (χ1v) is 8.15. The first kappa shape index (κ1) is 16.1. The average Bonchev–Trinajstić information content (AvgIpc) is 2.45. The monoisotopic (exact) mass is 347 g/mol. The van der Waals surface area contributed by atoms with Gasteiger partial charge in [0.25, 0.3) is 0 Å². The Balaban J connectivity index is 2.43. The molecule has 2 nitrogen and oxygen atoms in total. The highest BCUT2D eigenvalue weighted by Gasteiger charge is 2.18. The van der Waals surface area contributed by atoms with Gasteiger partial charge < -0.3 is 10.1 Å². The Kier molecular flexibility index (Phi) is 5.83. The molecule has 0 fully saturated rings. The van der Waals surface area contributed by atoms with E-state index in [0.717, 1.165) is 16.8 Å². The topological polar surface area (TPSA) is 21.3 Å². The third-order valence-electron chi connectivity index (χ3n) is 3.18. The summed E-state index contributed by atoms with van der Waals surface area (Å²) < 4.78 is 7.06. The van der Waals surface area contributed by atoms with Gasteiger partial charge in [0.2, 0.25) is 0 Å². The lowest BCUT2D eigenvalue weighted by molar-refractivity contribution is 0.238. The van der Waals surface area contributed by atoms with E-state index in [-0.39, 0.29) is 12.1 Å². The zero-order chi connectivity index (χ0) is 15.2. The van der Waals surface area contributed by atoms with Crippen molar-refractivity contribution in [2.45, 2.75) is 32.9 Å². The number of hydrogen-bond donors (Lipinski definition) is 1. The van der Waals surface area contributed by atoms with Crippen molar-refractivity contribution in [3.8, 4) is 5.75 Å². The molecule has 0 aliphatic heterocycles. The van der Waals surface area contributed by atoms with Crippen molar-refractivity contribution in [2.75, 3.05) is 6.54 Å². The molecular weight excluding hydrogens is 326 g/mol. The molecule has 21 heavy (non-hydrogen) atoms. The standard InChI is InChI=1S/C18H22BrNO/c1-4-20-18(14-8-7-9-15(19)12-14)16-10-5-6-11-17(16)21-13(2)3/h5-13,18,20H,4H2,1-3H3. The number of benzene rings is 2. The van der Waals surface area contributed by atoms with Gasteiger partial charge in [-0.15, -0.1) is 0 Å². The van der Waals surface area contributed by atoms with Crippen LogP contribution >= 0.6 is 15.9 Å². The highest BCUT2D eigenvalue weighted by molar-refractivity contribution is 9.10. The Morgan fingerprint density at radius 1 is 1.10 bits per heavy atom. The smallest absolute Gasteiger partial charge is 0.124 e. The van der Waals surface area contributed by atoms with Crippen molar-refractivity contribution in [2.24, 2.45) is 0 Å². The summed E-state index contributed by atoms with van der Waals surface area (Å²) in [4.78, 5) is 0. The zero-order valence-electron chi connectivity index (χ0n) is 12.8. The van der Waals surface area contributed by atoms with Crippen LogP contribution in [0.5, 0.6) is 5.75 Å². The molecule has 0 aromatic heterocycles. The van der Waals surface area contributed by atoms with Crippen molar-refractivity contribution in [3.05, 3.63) is 64.1 Å². The van der Waals surface area contributed by atoms with Gasteiger partial charge in [0.1, 0.15) is 5.75 Å². The molecule has 0 saturated heterocycles. The molecule has 0 heterocycles. The van der Waals surface area contributed by atoms with Crippen LogP contribution in [0.15, 0.2) is 53.0 Å². The number of rotatable bonds is 6. The maximum absolute atomic E-state index is 5.97. The summed E-state index contributed by atoms with van der Waals surface area (Å²) in [5, 5.41) is 3.56. The van der Waals surface area contributed by atoms with E-state index in [1.807, 2.05) is 18.2 Å². The first-order valence-electron chi connectivity index (χ1n) is 7.36. The number of ether oxygens (including phenoxy) is 1. The fraction of sp³-hybridized carbons (Fsp3) is 0.333. The van der Waals surface area contributed by atoms with Crippen molar-refractivity contribution < 1.29 is 4.74 Å². The molecule has 0 radical (unpaired) electrons. The Hall–Kier alpha value is -1.32. The second-order valence-electron chi connectivity index (χ2n) is 5.25. The van der Waals surface area contributed by atoms with E-state index in [2.05, 4.69) is 72.3 Å². The fourth-order valence-corrected chi connectivity index (χ4v) is 2.79. The molecular formula is C18H22BrNO. The summed E-state index contributed by atoms with van der Waals surface area (Å²) in [6.45, 7) is 7.13. The fourth-order valence-electron chi connectivity index (χ4n) is 2.38. The second kappa shape index (κ2) is 7.62. The molecule has 0 amide bonds. The van der Waals surface area contributed by atoms with E-state index >= 15 is 0 Å². The molecule has 1 N–H and O–H groups in total. The predicted octanol–water partition coefficient (Wildman–Crippen LogP) is 4.94. The minimum Gasteiger partial charge on any atom is -0.491 e. The van der Waals surface area contributed by atoms with Gasteiger partial charge in [0, 0.05) is 10.0 Å². The quantitative estimate of drug-likeness (QED) is 0.799. The van der Waals surface area contributed by atoms with E-state index in [0.29, 0.717) is 0 Å². The maximum atomic E-state index is 5.97. The molecule has 0 bridgehead atoms. The molecule has 2 aromatic rings. The Morgan fingerprint density at radius 2 is 1.86 bits per heavy atom. The lowest BCUT2D eigenvalue weighted by atomic mass is 9.97. The molecule has 1 unspecified atom stereocenters. The van der Waals surface area contributed by atoms with Gasteiger partial charge in [-0.3, -0.25) is 0 Å². The Labute approximate surface area is 135 Å². The Morgan fingerprint density at radius 3 is 2.52 bits per heavy atom. The molecule has 3 heteroatoms. The van der Waals surface area contributed by atoms with Crippen LogP contribution in [0, 0.1) is 0 Å². The van der Waals surface area contributed by atoms with E-state index in [1.165, 1.54) is 11.1 Å². The maximum Gasteiger partial charge on any atom is 0.124 e. The zero-order valence-corrected chi connectivity index (χ0v) is 14.4. The molecule has 2 aromatic carbocycles. The van der Waals surface area contributed by atoms with Gasteiger partial charge in [-0.1, -0.05) is 53.2 Å². The van der Waals surface area contributed by atoms with Gasteiger partial charge in [0.15, 0.2) is 0 Å². The normalized spacial score (nSPS) is 12.4. The minimum absolute atomic E-state index is 0.127. The van der Waals surface area contributed by atoms with E-state index in [4.69, 9.17) is 4.74 Å². The summed E-state index contributed by atoms with van der Waals surface area (Å²) in [6.07, 6.45) is 0.163. The first-order chi connectivity index (χ1) is 10.1. The van der Waals surface area contributed by atoms with Gasteiger partial charge in [0.05, 0.1) is 12.1 Å². The van der Waals surface area contributed by atoms with Crippen molar-refractivity contribution in [1.29, 1.82) is 0 Å². The van der Waals surface area contributed by atoms with Crippen LogP contribution in [-0.4, -0.2) is 12.6 Å². The predicted molar refractivity (Wildman–Crippen MR) is 91.9 cm³/mol. The summed E-state index contributed by atoms with van der Waals surface area (Å²) in [7, 11) is 0. The second-order valence-corrected chi connectivity index (χ2v) is 6.17. The van der Waals surface area contributed by atoms with Crippen LogP contribution in [0.25, 0.3) is 0 Å². The molecule has 0 saturated carbocycles. The summed E-state index contributed by atoms with van der Waals surface area (Å²) in [5.74, 6) is 0.943. The SMILES string of the molecule is CCNC(c1cccc(Br)c1)c1ccccc1OC(C)C. The molecule has 1 atom stereocenters. The van der Waals surface area contributed by atoms with E-state index < -0.39 is 0 Å². The van der Waals surface area contributed by atoms with Gasteiger partial charge in [-0.25, -0.2) is 0 Å². The molecule has 0 spiro atoms.